The minimum Gasteiger partial charge on any atom is -0.508 e. The number of hydrogen-bond donors (Lipinski definition) is 1. The summed E-state index contributed by atoms with van der Waals surface area (Å²) in [7, 11) is 1.67. The van der Waals surface area contributed by atoms with Gasteiger partial charge in [0.15, 0.2) is 0 Å². The Morgan fingerprint density at radius 3 is 2.71 bits per heavy atom. The number of benzene rings is 2. The standard InChI is InChI=1S/C19H17N3O2/c1-3-13(12-20-2)18-21-17-10-5-4-9-16(17)19(24)22(18)14-7-6-8-15(23)11-14/h3-12,23H,1-2H3/b13-3+,20-12?. The van der Waals surface area contributed by atoms with E-state index in [-0.39, 0.29) is 11.3 Å². The van der Waals surface area contributed by atoms with E-state index < -0.39 is 0 Å². The van der Waals surface area contributed by atoms with E-state index in [4.69, 9.17) is 0 Å². The van der Waals surface area contributed by atoms with Crippen LogP contribution in [0.5, 0.6) is 5.75 Å². The number of aromatic nitrogens is 2. The van der Waals surface area contributed by atoms with Crippen LogP contribution in [0.4, 0.5) is 0 Å². The molecule has 0 atom stereocenters. The van der Waals surface area contributed by atoms with Gasteiger partial charge in [-0.1, -0.05) is 24.3 Å². The largest absolute Gasteiger partial charge is 0.508 e. The Morgan fingerprint density at radius 1 is 1.21 bits per heavy atom. The van der Waals surface area contributed by atoms with E-state index in [0.29, 0.717) is 22.4 Å². The van der Waals surface area contributed by atoms with Crippen LogP contribution in [0.3, 0.4) is 0 Å². The molecule has 2 aromatic carbocycles. The fourth-order valence-electron chi connectivity index (χ4n) is 2.60. The van der Waals surface area contributed by atoms with Crippen molar-refractivity contribution in [2.24, 2.45) is 4.99 Å². The molecule has 0 bridgehead atoms. The summed E-state index contributed by atoms with van der Waals surface area (Å²) in [5, 5.41) is 10.3. The molecule has 0 radical (unpaired) electrons. The second-order valence-electron chi connectivity index (χ2n) is 5.24. The average Bonchev–Trinajstić information content (AvgIpc) is 2.59. The molecule has 0 aliphatic heterocycles. The molecule has 0 fully saturated rings. The molecule has 3 rings (SSSR count). The Labute approximate surface area is 139 Å². The van der Waals surface area contributed by atoms with Crippen LogP contribution in [-0.2, 0) is 0 Å². The number of aromatic hydroxyl groups is 1. The van der Waals surface area contributed by atoms with Crippen LogP contribution in [0.1, 0.15) is 12.7 Å². The molecule has 1 aromatic heterocycles. The van der Waals surface area contributed by atoms with Gasteiger partial charge >= 0.3 is 0 Å². The lowest BCUT2D eigenvalue weighted by atomic mass is 10.2. The van der Waals surface area contributed by atoms with Gasteiger partial charge in [0, 0.05) is 24.9 Å². The number of allylic oxidation sites excluding steroid dienone is 2. The summed E-state index contributed by atoms with van der Waals surface area (Å²) in [6, 6.07) is 13.8. The van der Waals surface area contributed by atoms with Gasteiger partial charge in [0.2, 0.25) is 0 Å². The molecule has 0 aliphatic rings. The second kappa shape index (κ2) is 6.50. The van der Waals surface area contributed by atoms with Crippen molar-refractivity contribution in [3.63, 3.8) is 0 Å². The van der Waals surface area contributed by atoms with Crippen molar-refractivity contribution in [1.29, 1.82) is 0 Å². The Morgan fingerprint density at radius 2 is 2.00 bits per heavy atom. The number of phenolic OH excluding ortho intramolecular Hbond substituents is 1. The molecule has 1 N–H and O–H groups in total. The number of fused-ring (bicyclic) bond motifs is 1. The van der Waals surface area contributed by atoms with Gasteiger partial charge < -0.3 is 5.11 Å². The van der Waals surface area contributed by atoms with Crippen molar-refractivity contribution in [1.82, 2.24) is 9.55 Å². The van der Waals surface area contributed by atoms with Crippen molar-refractivity contribution in [2.75, 3.05) is 7.05 Å². The van der Waals surface area contributed by atoms with Gasteiger partial charge in [0.1, 0.15) is 11.6 Å². The molecule has 5 nitrogen and oxygen atoms in total. The highest BCUT2D eigenvalue weighted by Crippen LogP contribution is 2.20. The van der Waals surface area contributed by atoms with Crippen molar-refractivity contribution < 1.29 is 5.11 Å². The number of rotatable bonds is 3. The first-order chi connectivity index (χ1) is 11.7. The molecular formula is C19H17N3O2. The van der Waals surface area contributed by atoms with E-state index >= 15 is 0 Å². The van der Waals surface area contributed by atoms with Crippen LogP contribution in [0.2, 0.25) is 0 Å². The smallest absolute Gasteiger partial charge is 0.266 e. The van der Waals surface area contributed by atoms with E-state index in [1.54, 1.807) is 37.5 Å². The highest BCUT2D eigenvalue weighted by molar-refractivity contribution is 6.08. The van der Waals surface area contributed by atoms with Gasteiger partial charge in [0.05, 0.1) is 16.6 Å². The predicted molar refractivity (Wildman–Crippen MR) is 97.1 cm³/mol. The van der Waals surface area contributed by atoms with Gasteiger partial charge in [-0.25, -0.2) is 4.98 Å². The first-order valence-electron chi connectivity index (χ1n) is 7.55. The highest BCUT2D eigenvalue weighted by atomic mass is 16.3. The van der Waals surface area contributed by atoms with E-state index in [9.17, 15) is 9.90 Å². The number of aliphatic imine (C=N–C) groups is 1. The normalized spacial score (nSPS) is 12.2. The van der Waals surface area contributed by atoms with Crippen molar-refractivity contribution in [3.8, 4) is 11.4 Å². The van der Waals surface area contributed by atoms with Crippen molar-refractivity contribution in [3.05, 3.63) is 70.8 Å². The Hall–Kier alpha value is -3.21. The summed E-state index contributed by atoms with van der Waals surface area (Å²) in [6.45, 7) is 1.87. The SMILES string of the molecule is C/C=C(\C=NC)c1nc2ccccc2c(=O)n1-c1cccc(O)c1. The molecule has 0 spiro atoms. The molecule has 3 aromatic rings. The first-order valence-corrected chi connectivity index (χ1v) is 7.55. The molecule has 0 unspecified atom stereocenters. The quantitative estimate of drug-likeness (QED) is 0.754. The van der Waals surface area contributed by atoms with Crippen LogP contribution in [0.25, 0.3) is 22.2 Å². The Bertz CT molecular complexity index is 1020. The molecule has 24 heavy (non-hydrogen) atoms. The number of hydrogen-bond acceptors (Lipinski definition) is 4. The van der Waals surface area contributed by atoms with Crippen LogP contribution in [-0.4, -0.2) is 27.9 Å². The number of phenols is 1. The lowest BCUT2D eigenvalue weighted by Gasteiger charge is -2.14. The van der Waals surface area contributed by atoms with Crippen molar-refractivity contribution in [2.45, 2.75) is 6.92 Å². The van der Waals surface area contributed by atoms with Gasteiger partial charge in [-0.05, 0) is 31.2 Å². The zero-order chi connectivity index (χ0) is 17.1. The van der Waals surface area contributed by atoms with Crippen molar-refractivity contribution >= 4 is 22.7 Å². The maximum atomic E-state index is 13.1. The third-order valence-corrected chi connectivity index (χ3v) is 3.70. The van der Waals surface area contributed by atoms with Gasteiger partial charge in [-0.2, -0.15) is 0 Å². The summed E-state index contributed by atoms with van der Waals surface area (Å²) in [5.74, 6) is 0.571. The molecule has 120 valence electrons. The van der Waals surface area contributed by atoms with Crippen LogP contribution in [0.15, 0.2) is 64.4 Å². The highest BCUT2D eigenvalue weighted by Gasteiger charge is 2.15. The van der Waals surface area contributed by atoms with Crippen LogP contribution < -0.4 is 5.56 Å². The molecule has 0 amide bonds. The zero-order valence-electron chi connectivity index (χ0n) is 13.5. The Kier molecular flexibility index (Phi) is 4.24. The third-order valence-electron chi connectivity index (χ3n) is 3.70. The predicted octanol–water partition coefficient (Wildman–Crippen LogP) is 3.20. The van der Waals surface area contributed by atoms with E-state index in [1.807, 2.05) is 31.2 Å². The maximum absolute atomic E-state index is 13.1. The first kappa shape index (κ1) is 15.7. The lowest BCUT2D eigenvalue weighted by molar-refractivity contribution is 0.475. The van der Waals surface area contributed by atoms with Crippen LogP contribution >= 0.6 is 0 Å². The fourth-order valence-corrected chi connectivity index (χ4v) is 2.60. The maximum Gasteiger partial charge on any atom is 0.266 e. The summed E-state index contributed by atoms with van der Waals surface area (Å²) < 4.78 is 1.50. The van der Waals surface area contributed by atoms with Crippen LogP contribution in [0, 0.1) is 0 Å². The summed E-state index contributed by atoms with van der Waals surface area (Å²) in [6.07, 6.45) is 3.51. The molecular weight excluding hydrogens is 302 g/mol. The Balaban J connectivity index is 2.44. The molecule has 5 heteroatoms. The minimum atomic E-state index is -0.190. The minimum absolute atomic E-state index is 0.0877. The zero-order valence-corrected chi connectivity index (χ0v) is 13.5. The number of para-hydroxylation sites is 1. The molecule has 0 aliphatic carbocycles. The van der Waals surface area contributed by atoms with Gasteiger partial charge in [-0.15, -0.1) is 0 Å². The fraction of sp³-hybridized carbons (Fsp3) is 0.105. The second-order valence-corrected chi connectivity index (χ2v) is 5.24. The summed E-state index contributed by atoms with van der Waals surface area (Å²) in [5.41, 5.74) is 1.71. The number of nitrogens with zero attached hydrogens (tertiary/aromatic N) is 3. The molecule has 0 saturated heterocycles. The molecule has 1 heterocycles. The van der Waals surface area contributed by atoms with Gasteiger partial charge in [-0.3, -0.25) is 14.4 Å². The lowest BCUT2D eigenvalue weighted by Crippen LogP contribution is -2.23. The molecule has 0 saturated carbocycles. The average molecular weight is 319 g/mol. The topological polar surface area (TPSA) is 67.5 Å². The van der Waals surface area contributed by atoms with E-state index in [0.717, 1.165) is 5.57 Å². The monoisotopic (exact) mass is 319 g/mol. The van der Waals surface area contributed by atoms with E-state index in [2.05, 4.69) is 9.98 Å². The summed E-state index contributed by atoms with van der Waals surface area (Å²) >= 11 is 0. The third kappa shape index (κ3) is 2.72. The van der Waals surface area contributed by atoms with E-state index in [1.165, 1.54) is 10.6 Å². The summed E-state index contributed by atoms with van der Waals surface area (Å²) in [4.78, 5) is 21.8. The van der Waals surface area contributed by atoms with Gasteiger partial charge in [0.25, 0.3) is 5.56 Å².